The fourth-order valence-electron chi connectivity index (χ4n) is 1.75. The Morgan fingerprint density at radius 2 is 2.05 bits per heavy atom. The Morgan fingerprint density at radius 3 is 2.65 bits per heavy atom. The molecule has 2 rings (SSSR count). The van der Waals surface area contributed by atoms with Crippen LogP contribution in [-0.2, 0) is 10.0 Å². The number of aliphatic hydroxyl groups is 1. The van der Waals surface area contributed by atoms with Crippen LogP contribution in [0.4, 0.5) is 0 Å². The smallest absolute Gasteiger partial charge is 0.241 e. The van der Waals surface area contributed by atoms with E-state index in [4.69, 9.17) is 0 Å². The van der Waals surface area contributed by atoms with E-state index >= 15 is 0 Å². The van der Waals surface area contributed by atoms with E-state index < -0.39 is 16.1 Å². The molecule has 108 valence electrons. The van der Waals surface area contributed by atoms with Gasteiger partial charge in [-0.2, -0.15) is 0 Å². The van der Waals surface area contributed by atoms with Crippen LogP contribution in [0.1, 0.15) is 16.5 Å². The maximum atomic E-state index is 12.2. The molecule has 1 aromatic carbocycles. The fourth-order valence-corrected chi connectivity index (χ4v) is 4.70. The molecule has 0 spiro atoms. The third-order valence-corrected chi connectivity index (χ3v) is 6.35. The second-order valence-corrected chi connectivity index (χ2v) is 7.80. The van der Waals surface area contributed by atoms with Crippen LogP contribution in [0.2, 0.25) is 0 Å². The molecule has 0 saturated heterocycles. The van der Waals surface area contributed by atoms with Crippen molar-refractivity contribution in [3.05, 3.63) is 50.6 Å². The standard InChI is InChI=1S/C13H14BrNO3S2/c1-9-6-7-19-13(9)11(16)8-15-20(17,18)12-5-3-2-4-10(12)14/h2-7,11,15-16H,8H2,1H3/t11-/m0/s1. The summed E-state index contributed by atoms with van der Waals surface area (Å²) in [5.74, 6) is 0. The summed E-state index contributed by atoms with van der Waals surface area (Å²) in [6, 6.07) is 8.46. The van der Waals surface area contributed by atoms with Gasteiger partial charge < -0.3 is 5.11 Å². The number of halogens is 1. The van der Waals surface area contributed by atoms with Crippen molar-refractivity contribution < 1.29 is 13.5 Å². The number of aliphatic hydroxyl groups excluding tert-OH is 1. The quantitative estimate of drug-likeness (QED) is 0.844. The third kappa shape index (κ3) is 3.48. The van der Waals surface area contributed by atoms with Crippen molar-refractivity contribution in [1.29, 1.82) is 0 Å². The Hall–Kier alpha value is -0.730. The number of nitrogens with one attached hydrogen (secondary N) is 1. The number of aryl methyl sites for hydroxylation is 1. The molecule has 0 bridgehead atoms. The van der Waals surface area contributed by atoms with Gasteiger partial charge in [0.05, 0.1) is 4.90 Å². The van der Waals surface area contributed by atoms with Gasteiger partial charge in [0.15, 0.2) is 0 Å². The fraction of sp³-hybridized carbons (Fsp3) is 0.231. The van der Waals surface area contributed by atoms with Gasteiger partial charge >= 0.3 is 0 Å². The van der Waals surface area contributed by atoms with Crippen LogP contribution < -0.4 is 4.72 Å². The largest absolute Gasteiger partial charge is 0.386 e. The van der Waals surface area contributed by atoms with Crippen LogP contribution in [0.3, 0.4) is 0 Å². The van der Waals surface area contributed by atoms with Crippen molar-refractivity contribution >= 4 is 37.3 Å². The lowest BCUT2D eigenvalue weighted by Gasteiger charge is -2.12. The van der Waals surface area contributed by atoms with Crippen molar-refractivity contribution in [3.63, 3.8) is 0 Å². The summed E-state index contributed by atoms with van der Waals surface area (Å²) in [7, 11) is -3.64. The van der Waals surface area contributed by atoms with E-state index in [0.717, 1.165) is 10.4 Å². The number of sulfonamides is 1. The predicted molar refractivity (Wildman–Crippen MR) is 83.3 cm³/mol. The highest BCUT2D eigenvalue weighted by atomic mass is 79.9. The van der Waals surface area contributed by atoms with Crippen LogP contribution >= 0.6 is 27.3 Å². The SMILES string of the molecule is Cc1ccsc1[C@@H](O)CNS(=O)(=O)c1ccccc1Br. The maximum Gasteiger partial charge on any atom is 0.241 e. The molecular weight excluding hydrogens is 362 g/mol. The number of thiophene rings is 1. The molecule has 0 saturated carbocycles. The first kappa shape index (κ1) is 15.7. The van der Waals surface area contributed by atoms with Gasteiger partial charge in [-0.1, -0.05) is 12.1 Å². The van der Waals surface area contributed by atoms with E-state index in [1.165, 1.54) is 17.4 Å². The highest BCUT2D eigenvalue weighted by Crippen LogP contribution is 2.25. The van der Waals surface area contributed by atoms with Crippen molar-refractivity contribution in [2.75, 3.05) is 6.54 Å². The zero-order chi connectivity index (χ0) is 14.8. The Morgan fingerprint density at radius 1 is 1.35 bits per heavy atom. The van der Waals surface area contributed by atoms with E-state index in [-0.39, 0.29) is 11.4 Å². The van der Waals surface area contributed by atoms with Crippen molar-refractivity contribution in [3.8, 4) is 0 Å². The summed E-state index contributed by atoms with van der Waals surface area (Å²) in [5, 5.41) is 11.9. The number of benzene rings is 1. The van der Waals surface area contributed by atoms with Gasteiger partial charge in [0.25, 0.3) is 0 Å². The van der Waals surface area contributed by atoms with Gasteiger partial charge in [-0.25, -0.2) is 13.1 Å². The van der Waals surface area contributed by atoms with Gasteiger partial charge in [0.2, 0.25) is 10.0 Å². The monoisotopic (exact) mass is 375 g/mol. The molecule has 0 aliphatic rings. The van der Waals surface area contributed by atoms with Gasteiger partial charge in [-0.05, 0) is 52.0 Å². The first-order chi connectivity index (χ1) is 9.42. The molecule has 1 heterocycles. The molecule has 1 aromatic heterocycles. The molecule has 4 nitrogen and oxygen atoms in total. The summed E-state index contributed by atoms with van der Waals surface area (Å²) in [6.07, 6.45) is -0.840. The molecule has 0 unspecified atom stereocenters. The summed E-state index contributed by atoms with van der Waals surface area (Å²) in [4.78, 5) is 0.940. The van der Waals surface area contributed by atoms with Gasteiger partial charge in [0, 0.05) is 15.9 Å². The molecule has 0 aliphatic carbocycles. The Balaban J connectivity index is 2.11. The van der Waals surface area contributed by atoms with Crippen molar-refractivity contribution in [2.45, 2.75) is 17.9 Å². The third-order valence-electron chi connectivity index (χ3n) is 2.80. The summed E-state index contributed by atoms with van der Waals surface area (Å²) in [6.45, 7) is 1.84. The second-order valence-electron chi connectivity index (χ2n) is 4.27. The van der Waals surface area contributed by atoms with Gasteiger partial charge in [0.1, 0.15) is 6.10 Å². The molecule has 1 atom stereocenters. The molecule has 0 fully saturated rings. The van der Waals surface area contributed by atoms with Crippen LogP contribution in [0.25, 0.3) is 0 Å². The van der Waals surface area contributed by atoms with Gasteiger partial charge in [-0.3, -0.25) is 0 Å². The number of hydrogen-bond acceptors (Lipinski definition) is 4. The Kier molecular flexibility index (Phi) is 4.98. The minimum absolute atomic E-state index is 0.0506. The molecular formula is C13H14BrNO3S2. The summed E-state index contributed by atoms with van der Waals surface area (Å²) >= 11 is 4.62. The minimum Gasteiger partial charge on any atom is -0.386 e. The van der Waals surface area contributed by atoms with Crippen molar-refractivity contribution in [2.24, 2.45) is 0 Å². The average molecular weight is 376 g/mol. The zero-order valence-corrected chi connectivity index (χ0v) is 13.9. The zero-order valence-electron chi connectivity index (χ0n) is 10.7. The lowest BCUT2D eigenvalue weighted by atomic mass is 10.2. The van der Waals surface area contributed by atoms with Crippen LogP contribution in [0.5, 0.6) is 0 Å². The number of rotatable bonds is 5. The van der Waals surface area contributed by atoms with Crippen LogP contribution in [0.15, 0.2) is 45.1 Å². The van der Waals surface area contributed by atoms with Gasteiger partial charge in [-0.15, -0.1) is 11.3 Å². The van der Waals surface area contributed by atoms with Crippen LogP contribution in [-0.4, -0.2) is 20.1 Å². The molecule has 0 radical (unpaired) electrons. The Bertz CT molecular complexity index is 697. The lowest BCUT2D eigenvalue weighted by molar-refractivity contribution is 0.185. The first-order valence-electron chi connectivity index (χ1n) is 5.88. The normalized spacial score (nSPS) is 13.3. The van der Waals surface area contributed by atoms with Crippen molar-refractivity contribution in [1.82, 2.24) is 4.72 Å². The molecule has 2 aromatic rings. The maximum absolute atomic E-state index is 12.2. The van der Waals surface area contributed by atoms with E-state index in [1.807, 2.05) is 18.4 Å². The highest BCUT2D eigenvalue weighted by Gasteiger charge is 2.20. The summed E-state index contributed by atoms with van der Waals surface area (Å²) in [5.41, 5.74) is 0.961. The summed E-state index contributed by atoms with van der Waals surface area (Å²) < 4.78 is 27.3. The van der Waals surface area contributed by atoms with Crippen LogP contribution in [0, 0.1) is 6.92 Å². The minimum atomic E-state index is -3.64. The molecule has 2 N–H and O–H groups in total. The molecule has 0 aliphatic heterocycles. The Labute approximate surface area is 130 Å². The number of hydrogen-bond donors (Lipinski definition) is 2. The van der Waals surface area contributed by atoms with E-state index in [2.05, 4.69) is 20.7 Å². The second kappa shape index (κ2) is 6.36. The van der Waals surface area contributed by atoms with E-state index in [0.29, 0.717) is 4.47 Å². The lowest BCUT2D eigenvalue weighted by Crippen LogP contribution is -2.28. The highest BCUT2D eigenvalue weighted by molar-refractivity contribution is 9.10. The predicted octanol–water partition coefficient (Wildman–Crippen LogP) is 2.83. The average Bonchev–Trinajstić information content (AvgIpc) is 2.83. The molecule has 20 heavy (non-hydrogen) atoms. The molecule has 0 amide bonds. The van der Waals surface area contributed by atoms with E-state index in [9.17, 15) is 13.5 Å². The first-order valence-corrected chi connectivity index (χ1v) is 9.03. The molecule has 7 heteroatoms. The topological polar surface area (TPSA) is 66.4 Å². The van der Waals surface area contributed by atoms with E-state index in [1.54, 1.807) is 18.2 Å².